The number of nitrogens with one attached hydrogen (secondary N) is 2. The van der Waals surface area contributed by atoms with Gasteiger partial charge < -0.3 is 30.0 Å². The van der Waals surface area contributed by atoms with Crippen LogP contribution in [-0.4, -0.2) is 47.4 Å². The molecular weight excluding hydrogens is 482 g/mol. The zero-order valence-electron chi connectivity index (χ0n) is 20.0. The van der Waals surface area contributed by atoms with E-state index in [1.165, 1.54) is 12.1 Å². The molecule has 0 aliphatic heterocycles. The van der Waals surface area contributed by atoms with Crippen molar-refractivity contribution in [2.45, 2.75) is 18.4 Å². The number of halogens is 2. The Bertz CT molecular complexity index is 1360. The number of phenols is 1. The van der Waals surface area contributed by atoms with Crippen molar-refractivity contribution in [3.8, 4) is 17.2 Å². The number of aliphatic hydroxyl groups is 1. The van der Waals surface area contributed by atoms with Crippen LogP contribution in [0.3, 0.4) is 0 Å². The van der Waals surface area contributed by atoms with E-state index >= 15 is 0 Å². The number of hydrogen-bond donors (Lipinski definition) is 4. The second-order valence-corrected chi connectivity index (χ2v) is 8.65. The summed E-state index contributed by atoms with van der Waals surface area (Å²) < 4.78 is 38.6. The number of rotatable bonds is 12. The number of phenolic OH excluding ortho intramolecular Hbond substituents is 1. The normalized spacial score (nSPS) is 12.4. The number of ether oxygens (including phenoxy) is 2. The highest BCUT2D eigenvalue weighted by atomic mass is 19.3. The minimum absolute atomic E-state index is 0.0618. The Morgan fingerprint density at radius 1 is 0.892 bits per heavy atom. The van der Waals surface area contributed by atoms with Crippen molar-refractivity contribution >= 4 is 10.9 Å². The van der Waals surface area contributed by atoms with Gasteiger partial charge in [-0.3, -0.25) is 4.79 Å². The smallest absolute Gasteiger partial charge is 0.314 e. The van der Waals surface area contributed by atoms with Gasteiger partial charge in [-0.05, 0) is 60.5 Å². The molecule has 4 N–H and O–H groups in total. The van der Waals surface area contributed by atoms with Crippen molar-refractivity contribution in [1.82, 2.24) is 10.3 Å². The van der Waals surface area contributed by atoms with E-state index < -0.39 is 25.2 Å². The average Bonchev–Trinajstić information content (AvgIpc) is 2.90. The van der Waals surface area contributed by atoms with Crippen LogP contribution in [0.2, 0.25) is 0 Å². The molecule has 0 bridgehead atoms. The Hall–Kier alpha value is -3.95. The molecule has 0 aliphatic carbocycles. The van der Waals surface area contributed by atoms with Crippen LogP contribution < -0.4 is 20.3 Å². The minimum Gasteiger partial charge on any atom is -0.506 e. The number of aromatic nitrogens is 1. The summed E-state index contributed by atoms with van der Waals surface area (Å²) in [6.07, 6.45) is -0.199. The van der Waals surface area contributed by atoms with Gasteiger partial charge in [-0.1, -0.05) is 36.4 Å². The van der Waals surface area contributed by atoms with E-state index in [-0.39, 0.29) is 23.4 Å². The Labute approximate surface area is 212 Å². The van der Waals surface area contributed by atoms with E-state index in [0.717, 1.165) is 5.56 Å². The van der Waals surface area contributed by atoms with Crippen LogP contribution in [0.25, 0.3) is 10.9 Å². The number of pyridine rings is 1. The van der Waals surface area contributed by atoms with Crippen LogP contribution in [0.1, 0.15) is 17.2 Å². The molecule has 4 aromatic rings. The summed E-state index contributed by atoms with van der Waals surface area (Å²) in [4.78, 5) is 14.1. The maximum Gasteiger partial charge on any atom is 0.314 e. The first-order valence-corrected chi connectivity index (χ1v) is 11.8. The third kappa shape index (κ3) is 7.28. The van der Waals surface area contributed by atoms with E-state index in [2.05, 4.69) is 10.3 Å². The Kier molecular flexibility index (Phi) is 8.37. The van der Waals surface area contributed by atoms with Gasteiger partial charge >= 0.3 is 5.92 Å². The number of fused-ring (bicyclic) bond motifs is 1. The number of hydrogen-bond acceptors (Lipinski definition) is 6. The molecule has 0 saturated heterocycles. The van der Waals surface area contributed by atoms with Crippen molar-refractivity contribution in [2.24, 2.45) is 0 Å². The predicted octanol–water partition coefficient (Wildman–Crippen LogP) is 4.19. The monoisotopic (exact) mass is 510 g/mol. The molecule has 0 aliphatic rings. The lowest BCUT2D eigenvalue weighted by Crippen LogP contribution is -2.32. The van der Waals surface area contributed by atoms with Crippen molar-refractivity contribution in [2.75, 3.05) is 26.3 Å². The van der Waals surface area contributed by atoms with Gasteiger partial charge in [0.2, 0.25) is 5.56 Å². The molecule has 37 heavy (non-hydrogen) atoms. The molecule has 0 fully saturated rings. The highest BCUT2D eigenvalue weighted by molar-refractivity contribution is 5.87. The maximum atomic E-state index is 14.1. The second-order valence-electron chi connectivity index (χ2n) is 8.65. The molecule has 9 heteroatoms. The van der Waals surface area contributed by atoms with E-state index in [4.69, 9.17) is 9.47 Å². The molecular formula is C28H28F2N2O5. The second kappa shape index (κ2) is 11.9. The van der Waals surface area contributed by atoms with Crippen LogP contribution >= 0.6 is 0 Å². The first kappa shape index (κ1) is 26.1. The zero-order valence-corrected chi connectivity index (χ0v) is 20.0. The van der Waals surface area contributed by atoms with Gasteiger partial charge in [0.15, 0.2) is 13.2 Å². The van der Waals surface area contributed by atoms with Gasteiger partial charge in [0.05, 0.1) is 11.6 Å². The number of aromatic amines is 1. The maximum absolute atomic E-state index is 14.1. The fourth-order valence-electron chi connectivity index (χ4n) is 3.82. The Morgan fingerprint density at radius 3 is 2.27 bits per heavy atom. The highest BCUT2D eigenvalue weighted by Gasteiger charge is 2.31. The van der Waals surface area contributed by atoms with Crippen molar-refractivity contribution in [3.63, 3.8) is 0 Å². The average molecular weight is 511 g/mol. The van der Waals surface area contributed by atoms with Crippen LogP contribution in [-0.2, 0) is 6.42 Å². The molecule has 3 aromatic carbocycles. The number of aromatic hydroxyl groups is 1. The SMILES string of the molecule is O=c1ccc2c(C(O)CNCCc3ccc(OCC(F)(F)COc4ccccc4)cc3)ccc(O)c2[nH]1. The number of para-hydroxylation sites is 1. The number of H-pyrrole nitrogens is 1. The van der Waals surface area contributed by atoms with E-state index in [9.17, 15) is 23.8 Å². The molecule has 1 aromatic heterocycles. The van der Waals surface area contributed by atoms with Crippen molar-refractivity contribution in [1.29, 1.82) is 0 Å². The number of benzene rings is 3. The lowest BCUT2D eigenvalue weighted by molar-refractivity contribution is -0.0728. The first-order valence-electron chi connectivity index (χ1n) is 11.8. The molecule has 0 saturated carbocycles. The van der Waals surface area contributed by atoms with E-state index in [1.54, 1.807) is 66.7 Å². The minimum atomic E-state index is -3.14. The van der Waals surface area contributed by atoms with Crippen molar-refractivity contribution < 1.29 is 28.5 Å². The molecule has 1 heterocycles. The van der Waals surface area contributed by atoms with E-state index in [0.29, 0.717) is 35.4 Å². The van der Waals surface area contributed by atoms with Crippen LogP contribution in [0, 0.1) is 0 Å². The van der Waals surface area contributed by atoms with Crippen LogP contribution in [0.15, 0.2) is 83.7 Å². The molecule has 7 nitrogen and oxygen atoms in total. The summed E-state index contributed by atoms with van der Waals surface area (Å²) >= 11 is 0. The largest absolute Gasteiger partial charge is 0.506 e. The third-order valence-electron chi connectivity index (χ3n) is 5.76. The molecule has 0 amide bonds. The molecule has 0 spiro atoms. The van der Waals surface area contributed by atoms with Gasteiger partial charge in [-0.25, -0.2) is 0 Å². The lowest BCUT2D eigenvalue weighted by Gasteiger charge is -2.18. The van der Waals surface area contributed by atoms with E-state index in [1.807, 2.05) is 0 Å². The first-order chi connectivity index (χ1) is 17.8. The highest BCUT2D eigenvalue weighted by Crippen LogP contribution is 2.28. The summed E-state index contributed by atoms with van der Waals surface area (Å²) in [5.74, 6) is -2.49. The fraction of sp³-hybridized carbons (Fsp3) is 0.250. The van der Waals surface area contributed by atoms with Gasteiger partial charge in [0.1, 0.15) is 17.2 Å². The number of aliphatic hydroxyl groups excluding tert-OH is 1. The van der Waals surface area contributed by atoms with Gasteiger partial charge in [0.25, 0.3) is 0 Å². The molecule has 1 atom stereocenters. The summed E-state index contributed by atoms with van der Waals surface area (Å²) in [6, 6.07) is 21.3. The zero-order chi connectivity index (χ0) is 26.3. The van der Waals surface area contributed by atoms with Gasteiger partial charge in [0, 0.05) is 18.0 Å². The summed E-state index contributed by atoms with van der Waals surface area (Å²) in [6.45, 7) is -0.734. The van der Waals surface area contributed by atoms with Crippen molar-refractivity contribution in [3.05, 3.63) is 100 Å². The summed E-state index contributed by atoms with van der Waals surface area (Å²) in [7, 11) is 0. The quantitative estimate of drug-likeness (QED) is 0.213. The topological polar surface area (TPSA) is 104 Å². The number of alkyl halides is 2. The van der Waals surface area contributed by atoms with Crippen LogP contribution in [0.4, 0.5) is 8.78 Å². The molecule has 194 valence electrons. The Morgan fingerprint density at radius 2 is 1.57 bits per heavy atom. The predicted molar refractivity (Wildman–Crippen MR) is 137 cm³/mol. The van der Waals surface area contributed by atoms with Gasteiger partial charge in [-0.2, -0.15) is 8.78 Å². The fourth-order valence-corrected chi connectivity index (χ4v) is 3.82. The summed E-state index contributed by atoms with van der Waals surface area (Å²) in [5.41, 5.74) is 1.51. The lowest BCUT2D eigenvalue weighted by atomic mass is 10.0. The third-order valence-corrected chi connectivity index (χ3v) is 5.76. The Balaban J connectivity index is 1.21. The molecule has 4 rings (SSSR count). The summed E-state index contributed by atoms with van der Waals surface area (Å²) in [5, 5.41) is 24.4. The van der Waals surface area contributed by atoms with Crippen LogP contribution in [0.5, 0.6) is 17.2 Å². The molecule has 1 unspecified atom stereocenters. The molecule has 0 radical (unpaired) electrons. The van der Waals surface area contributed by atoms with Gasteiger partial charge in [-0.15, -0.1) is 0 Å². The standard InChI is InChI=1S/C28H28F2N2O5/c29-28(30,17-36-20-4-2-1-3-5-20)18-37-21-8-6-19(7-9-21)14-15-31-16-25(34)22-10-12-24(33)27-23(22)11-13-26(35)32-27/h1-13,25,31,33-34H,14-18H2,(H,32,35).